The van der Waals surface area contributed by atoms with E-state index in [9.17, 15) is 13.2 Å². The highest BCUT2D eigenvalue weighted by Gasteiger charge is 2.17. The molecule has 1 aromatic rings. The number of sulfonamides is 1. The van der Waals surface area contributed by atoms with Crippen molar-refractivity contribution in [2.45, 2.75) is 27.3 Å². The van der Waals surface area contributed by atoms with Crippen LogP contribution in [-0.2, 0) is 21.4 Å². The third kappa shape index (κ3) is 4.51. The van der Waals surface area contributed by atoms with Crippen LogP contribution in [0.2, 0.25) is 0 Å². The number of carbonyl (C=O) groups is 1. The second kappa shape index (κ2) is 6.00. The van der Waals surface area contributed by atoms with Crippen molar-refractivity contribution in [1.82, 2.24) is 15.1 Å². The van der Waals surface area contributed by atoms with Gasteiger partial charge in [-0.15, -0.1) is 5.10 Å². The van der Waals surface area contributed by atoms with Gasteiger partial charge in [-0.3, -0.25) is 4.79 Å². The van der Waals surface area contributed by atoms with Gasteiger partial charge in [0.1, 0.15) is 0 Å². The van der Waals surface area contributed by atoms with E-state index in [4.69, 9.17) is 4.42 Å². The molecule has 0 aliphatic rings. The highest BCUT2D eigenvalue weighted by atomic mass is 32.2. The van der Waals surface area contributed by atoms with E-state index in [0.717, 1.165) is 0 Å². The van der Waals surface area contributed by atoms with E-state index in [2.05, 4.69) is 14.9 Å². The Morgan fingerprint density at radius 1 is 1.42 bits per heavy atom. The first-order valence-corrected chi connectivity index (χ1v) is 7.48. The van der Waals surface area contributed by atoms with Gasteiger partial charge in [-0.25, -0.2) is 13.1 Å². The average Bonchev–Trinajstić information content (AvgIpc) is 2.74. The van der Waals surface area contributed by atoms with Crippen LogP contribution >= 0.6 is 0 Å². The zero-order chi connectivity index (χ0) is 14.6. The molecule has 1 rings (SSSR count). The SMILES string of the molecule is CCS(=O)(=O)Nc1nnc(CN(C)C(=O)C(C)C)o1. The highest BCUT2D eigenvalue weighted by Crippen LogP contribution is 2.10. The number of nitrogens with one attached hydrogen (secondary N) is 1. The van der Waals surface area contributed by atoms with Gasteiger partial charge in [-0.05, 0) is 6.92 Å². The largest absolute Gasteiger partial charge is 0.405 e. The van der Waals surface area contributed by atoms with Gasteiger partial charge in [-0.1, -0.05) is 18.9 Å². The molecule has 0 saturated carbocycles. The van der Waals surface area contributed by atoms with Gasteiger partial charge in [-0.2, -0.15) is 0 Å². The lowest BCUT2D eigenvalue weighted by Gasteiger charge is -2.16. The average molecular weight is 290 g/mol. The van der Waals surface area contributed by atoms with Crippen molar-refractivity contribution >= 4 is 21.9 Å². The third-order valence-corrected chi connectivity index (χ3v) is 3.58. The van der Waals surface area contributed by atoms with Crippen molar-refractivity contribution < 1.29 is 17.6 Å². The molecular weight excluding hydrogens is 272 g/mol. The second-order valence-electron chi connectivity index (χ2n) is 4.36. The summed E-state index contributed by atoms with van der Waals surface area (Å²) < 4.78 is 29.8. The van der Waals surface area contributed by atoms with Crippen LogP contribution in [0.25, 0.3) is 0 Å². The first-order valence-electron chi connectivity index (χ1n) is 5.83. The van der Waals surface area contributed by atoms with Crippen molar-refractivity contribution in [2.24, 2.45) is 5.92 Å². The van der Waals surface area contributed by atoms with Gasteiger partial charge in [0, 0.05) is 13.0 Å². The number of hydrogen-bond acceptors (Lipinski definition) is 6. The Kier molecular flexibility index (Phi) is 4.87. The maximum absolute atomic E-state index is 11.7. The van der Waals surface area contributed by atoms with E-state index in [-0.39, 0.29) is 36.0 Å². The standard InChI is InChI=1S/C10H18N4O4S/c1-5-19(16,17)13-10-12-11-8(18-10)6-14(4)9(15)7(2)3/h7H,5-6H2,1-4H3,(H,12,13). The molecule has 1 heterocycles. The normalized spacial score (nSPS) is 11.6. The minimum atomic E-state index is -3.44. The summed E-state index contributed by atoms with van der Waals surface area (Å²) in [5.74, 6) is -0.110. The Labute approximate surface area is 112 Å². The molecular formula is C10H18N4O4S. The van der Waals surface area contributed by atoms with E-state index in [1.165, 1.54) is 11.8 Å². The summed E-state index contributed by atoms with van der Waals surface area (Å²) in [6.45, 7) is 5.20. The van der Waals surface area contributed by atoms with Crippen molar-refractivity contribution in [3.8, 4) is 0 Å². The molecule has 0 aliphatic carbocycles. The van der Waals surface area contributed by atoms with Crippen LogP contribution < -0.4 is 4.72 Å². The van der Waals surface area contributed by atoms with Crippen LogP contribution in [0.1, 0.15) is 26.7 Å². The summed E-state index contributed by atoms with van der Waals surface area (Å²) in [6, 6.07) is -0.192. The first kappa shape index (κ1) is 15.4. The summed E-state index contributed by atoms with van der Waals surface area (Å²) in [5, 5.41) is 7.24. The number of anilines is 1. The molecule has 0 spiro atoms. The Hall–Kier alpha value is -1.64. The molecule has 0 saturated heterocycles. The number of aromatic nitrogens is 2. The lowest BCUT2D eigenvalue weighted by Crippen LogP contribution is -2.30. The summed E-state index contributed by atoms with van der Waals surface area (Å²) in [5.41, 5.74) is 0. The lowest BCUT2D eigenvalue weighted by atomic mass is 10.2. The Morgan fingerprint density at radius 2 is 2.05 bits per heavy atom. The van der Waals surface area contributed by atoms with Gasteiger partial charge >= 0.3 is 6.01 Å². The van der Waals surface area contributed by atoms with Crippen molar-refractivity contribution in [3.63, 3.8) is 0 Å². The number of nitrogens with zero attached hydrogens (tertiary/aromatic N) is 3. The molecule has 0 aliphatic heterocycles. The summed E-state index contributed by atoms with van der Waals surface area (Å²) in [6.07, 6.45) is 0. The summed E-state index contributed by atoms with van der Waals surface area (Å²) in [4.78, 5) is 13.1. The molecule has 108 valence electrons. The maximum atomic E-state index is 11.7. The molecule has 0 radical (unpaired) electrons. The van der Waals surface area contributed by atoms with Gasteiger partial charge in [0.15, 0.2) is 0 Å². The molecule has 1 amide bonds. The number of carbonyl (C=O) groups excluding carboxylic acids is 1. The molecule has 9 heteroatoms. The molecule has 0 bridgehead atoms. The molecule has 19 heavy (non-hydrogen) atoms. The van der Waals surface area contributed by atoms with Crippen LogP contribution in [-0.4, -0.2) is 42.2 Å². The van der Waals surface area contributed by atoms with Gasteiger partial charge in [0.05, 0.1) is 12.3 Å². The smallest absolute Gasteiger partial charge is 0.329 e. The van der Waals surface area contributed by atoms with Gasteiger partial charge in [0.2, 0.25) is 21.8 Å². The fraction of sp³-hybridized carbons (Fsp3) is 0.700. The van der Waals surface area contributed by atoms with Crippen LogP contribution in [0.3, 0.4) is 0 Å². The Bertz CT molecular complexity index is 537. The second-order valence-corrected chi connectivity index (χ2v) is 6.37. The fourth-order valence-electron chi connectivity index (χ4n) is 1.29. The van der Waals surface area contributed by atoms with E-state index >= 15 is 0 Å². The fourth-order valence-corrected chi connectivity index (χ4v) is 1.78. The number of rotatable bonds is 6. The van der Waals surface area contributed by atoms with Crippen molar-refractivity contribution in [1.29, 1.82) is 0 Å². The predicted molar refractivity (Wildman–Crippen MR) is 68.7 cm³/mol. The first-order chi connectivity index (χ1) is 8.75. The van der Waals surface area contributed by atoms with Gasteiger partial charge in [0.25, 0.3) is 0 Å². The lowest BCUT2D eigenvalue weighted by molar-refractivity contribution is -0.133. The summed E-state index contributed by atoms with van der Waals surface area (Å²) >= 11 is 0. The monoisotopic (exact) mass is 290 g/mol. The van der Waals surface area contributed by atoms with E-state index in [0.29, 0.717) is 0 Å². The van der Waals surface area contributed by atoms with Gasteiger partial charge < -0.3 is 9.32 Å². The Morgan fingerprint density at radius 3 is 2.58 bits per heavy atom. The molecule has 8 nitrogen and oxygen atoms in total. The molecule has 0 fully saturated rings. The van der Waals surface area contributed by atoms with Crippen molar-refractivity contribution in [2.75, 3.05) is 17.5 Å². The number of amides is 1. The van der Waals surface area contributed by atoms with E-state index in [1.807, 2.05) is 0 Å². The zero-order valence-corrected chi connectivity index (χ0v) is 12.2. The summed E-state index contributed by atoms with van der Waals surface area (Å²) in [7, 11) is -1.83. The molecule has 1 aromatic heterocycles. The van der Waals surface area contributed by atoms with Crippen LogP contribution in [0.4, 0.5) is 6.01 Å². The Balaban J connectivity index is 2.68. The maximum Gasteiger partial charge on any atom is 0.329 e. The molecule has 0 atom stereocenters. The minimum absolute atomic E-state index is 0.0612. The van der Waals surface area contributed by atoms with Crippen molar-refractivity contribution in [3.05, 3.63) is 5.89 Å². The van der Waals surface area contributed by atoms with E-state index < -0.39 is 10.0 Å². The zero-order valence-electron chi connectivity index (χ0n) is 11.4. The molecule has 0 aromatic carbocycles. The predicted octanol–water partition coefficient (Wildman–Crippen LogP) is 0.446. The van der Waals surface area contributed by atoms with Crippen LogP contribution in [0.15, 0.2) is 4.42 Å². The minimum Gasteiger partial charge on any atom is -0.405 e. The van der Waals surface area contributed by atoms with E-state index in [1.54, 1.807) is 20.9 Å². The quantitative estimate of drug-likeness (QED) is 0.815. The molecule has 0 unspecified atom stereocenters. The number of hydrogen-bond donors (Lipinski definition) is 1. The topological polar surface area (TPSA) is 105 Å². The van der Waals surface area contributed by atoms with Crippen LogP contribution in [0, 0.1) is 5.92 Å². The molecule has 1 N–H and O–H groups in total. The highest BCUT2D eigenvalue weighted by molar-refractivity contribution is 7.92. The van der Waals surface area contributed by atoms with Crippen LogP contribution in [0.5, 0.6) is 0 Å². The third-order valence-electron chi connectivity index (χ3n) is 2.33.